The predicted molar refractivity (Wildman–Crippen MR) is 142 cm³/mol. The average Bonchev–Trinajstić information content (AvgIpc) is 2.98. The molecule has 3 heterocycles. The minimum Gasteiger partial charge on any atom is -0.508 e. The summed E-state index contributed by atoms with van der Waals surface area (Å²) < 4.78 is 27.6. The number of hydrogen-bond acceptors (Lipinski definition) is 17. The maximum Gasteiger partial charge on any atom is 0.335 e. The van der Waals surface area contributed by atoms with Gasteiger partial charge in [-0.1, -0.05) is 0 Å². The van der Waals surface area contributed by atoms with Crippen LogP contribution in [0.15, 0.2) is 39.5 Å². The lowest BCUT2D eigenvalue weighted by molar-refractivity contribution is -0.354. The van der Waals surface area contributed by atoms with Crippen molar-refractivity contribution in [3.8, 4) is 40.1 Å². The average molecular weight is 641 g/mol. The predicted octanol–water partition coefficient (Wildman–Crippen LogP) is -2.62. The van der Waals surface area contributed by atoms with Crippen LogP contribution in [0.5, 0.6) is 28.7 Å². The zero-order valence-corrected chi connectivity index (χ0v) is 22.6. The summed E-state index contributed by atoms with van der Waals surface area (Å²) in [5, 5.41) is 111. The van der Waals surface area contributed by atoms with Gasteiger partial charge in [-0.3, -0.25) is 4.79 Å². The van der Waals surface area contributed by atoms with Crippen LogP contribution >= 0.6 is 0 Å². The molecule has 2 aromatic carbocycles. The number of carboxylic acids is 1. The molecule has 0 saturated carbocycles. The molecule has 2 fully saturated rings. The van der Waals surface area contributed by atoms with E-state index in [9.17, 15) is 65.8 Å². The summed E-state index contributed by atoms with van der Waals surface area (Å²) in [5.74, 6) is -5.71. The smallest absolute Gasteiger partial charge is 0.335 e. The topological polar surface area (TPSA) is 307 Å². The highest BCUT2D eigenvalue weighted by Gasteiger charge is 2.53. The molecule has 2 saturated heterocycles. The number of phenols is 4. The first-order valence-corrected chi connectivity index (χ1v) is 13.2. The van der Waals surface area contributed by atoms with E-state index < -0.39 is 119 Å². The zero-order valence-electron chi connectivity index (χ0n) is 22.6. The van der Waals surface area contributed by atoms with Crippen molar-refractivity contribution in [3.63, 3.8) is 0 Å². The lowest BCUT2D eigenvalue weighted by atomic mass is 9.97. The second kappa shape index (κ2) is 12.3. The van der Waals surface area contributed by atoms with Gasteiger partial charge in [-0.2, -0.15) is 0 Å². The molecule has 0 aliphatic carbocycles. The van der Waals surface area contributed by atoms with Crippen LogP contribution in [-0.2, 0) is 19.0 Å². The Balaban J connectivity index is 1.63. The maximum absolute atomic E-state index is 13.7. The van der Waals surface area contributed by atoms with Crippen molar-refractivity contribution in [2.45, 2.75) is 61.4 Å². The molecule has 11 N–H and O–H groups in total. The van der Waals surface area contributed by atoms with Gasteiger partial charge in [-0.25, -0.2) is 4.79 Å². The highest BCUT2D eigenvalue weighted by Crippen LogP contribution is 2.40. The van der Waals surface area contributed by atoms with E-state index in [1.54, 1.807) is 0 Å². The van der Waals surface area contributed by atoms with Gasteiger partial charge in [-0.15, -0.1) is 0 Å². The van der Waals surface area contributed by atoms with Gasteiger partial charge in [0, 0.05) is 17.7 Å². The van der Waals surface area contributed by atoms with Gasteiger partial charge < -0.3 is 79.5 Å². The van der Waals surface area contributed by atoms with E-state index in [2.05, 4.69) is 0 Å². The molecule has 45 heavy (non-hydrogen) atoms. The lowest BCUT2D eigenvalue weighted by Crippen LogP contribution is -2.65. The molecular formula is C27H28O18. The van der Waals surface area contributed by atoms with E-state index >= 15 is 0 Å². The molecule has 0 spiro atoms. The van der Waals surface area contributed by atoms with Gasteiger partial charge in [0.25, 0.3) is 0 Å². The Morgan fingerprint density at radius 3 is 2.16 bits per heavy atom. The third-order valence-corrected chi connectivity index (χ3v) is 7.32. The molecule has 18 heteroatoms. The molecular weight excluding hydrogens is 612 g/mol. The summed E-state index contributed by atoms with van der Waals surface area (Å²) in [6.07, 6.45) is -20.0. The van der Waals surface area contributed by atoms with Gasteiger partial charge in [0.2, 0.25) is 17.5 Å². The van der Waals surface area contributed by atoms with Crippen LogP contribution < -0.4 is 10.2 Å². The number of fused-ring (bicyclic) bond motifs is 1. The van der Waals surface area contributed by atoms with Crippen molar-refractivity contribution in [2.24, 2.45) is 0 Å². The highest BCUT2D eigenvalue weighted by molar-refractivity contribution is 5.88. The monoisotopic (exact) mass is 640 g/mol. The minimum absolute atomic E-state index is 0.139. The fraction of sp³-hybridized carbons (Fsp3) is 0.407. The van der Waals surface area contributed by atoms with Crippen molar-refractivity contribution >= 4 is 16.9 Å². The Labute approximate surface area is 250 Å². The van der Waals surface area contributed by atoms with Gasteiger partial charge in [0.1, 0.15) is 59.1 Å². The second-order valence-electron chi connectivity index (χ2n) is 10.3. The van der Waals surface area contributed by atoms with Crippen LogP contribution in [0.4, 0.5) is 0 Å². The van der Waals surface area contributed by atoms with E-state index in [4.69, 9.17) is 23.4 Å². The number of carbonyl (C=O) groups is 1. The number of phenolic OH excluding ortho intramolecular Hbond substituents is 4. The standard InChI is InChI=1S/C27H28O18/c28-6-13-15(33)17(35)20(38)26(42-13)45-24-19(37)18(36)23(25(39)40)44-27(24)43-22-16(34)14-11(32)4-8(29)5-12(14)41-21(22)7-1-2-9(30)10(31)3-7/h1-5,13,15,17-20,23-24,26-33,35-38H,6H2,(H,39,40)/t13-,15-,17+,18+,19+,20-,23-,24+,26+,27-/m1/s1. The Morgan fingerprint density at radius 1 is 0.800 bits per heavy atom. The second-order valence-corrected chi connectivity index (χ2v) is 10.3. The molecule has 0 radical (unpaired) electrons. The van der Waals surface area contributed by atoms with Gasteiger partial charge in [0.05, 0.1) is 6.61 Å². The van der Waals surface area contributed by atoms with E-state index in [1.807, 2.05) is 0 Å². The van der Waals surface area contributed by atoms with Crippen molar-refractivity contribution in [3.05, 3.63) is 40.6 Å². The number of benzene rings is 2. The third kappa shape index (κ3) is 5.81. The fourth-order valence-corrected chi connectivity index (χ4v) is 4.96. The number of aliphatic carboxylic acids is 1. The Morgan fingerprint density at radius 2 is 1.51 bits per heavy atom. The van der Waals surface area contributed by atoms with Crippen LogP contribution in [0.2, 0.25) is 0 Å². The summed E-state index contributed by atoms with van der Waals surface area (Å²) in [6.45, 7) is -0.863. The van der Waals surface area contributed by atoms with Crippen LogP contribution in [0.1, 0.15) is 0 Å². The summed E-state index contributed by atoms with van der Waals surface area (Å²) in [7, 11) is 0. The molecule has 10 atom stereocenters. The number of aromatic hydroxyl groups is 4. The molecule has 1 aromatic heterocycles. The van der Waals surface area contributed by atoms with Crippen molar-refractivity contribution in [1.82, 2.24) is 0 Å². The SMILES string of the molecule is O=C(O)[C@@H]1O[C@@H](Oc2c(-c3ccc(O)c(O)c3)oc3cc(O)cc(O)c3c2=O)[C@@H](O[C@@H]2O[C@H](CO)[C@@H](O)[C@H](O)[C@H]2O)[C@@H](O)[C@@H]1O. The fourth-order valence-electron chi connectivity index (χ4n) is 4.96. The number of aliphatic hydroxyl groups is 6. The van der Waals surface area contributed by atoms with Crippen LogP contribution in [0.25, 0.3) is 22.3 Å². The molecule has 244 valence electrons. The van der Waals surface area contributed by atoms with E-state index in [0.717, 1.165) is 30.3 Å². The lowest BCUT2D eigenvalue weighted by Gasteiger charge is -2.45. The first-order valence-electron chi connectivity index (χ1n) is 13.2. The Hall–Kier alpha value is -4.24. The van der Waals surface area contributed by atoms with Crippen LogP contribution in [0, 0.1) is 0 Å². The maximum atomic E-state index is 13.7. The number of ether oxygens (including phenoxy) is 4. The number of hydrogen-bond donors (Lipinski definition) is 11. The molecule has 2 aliphatic heterocycles. The van der Waals surface area contributed by atoms with Gasteiger partial charge in [-0.05, 0) is 18.2 Å². The number of carboxylic acid groups (broad SMARTS) is 1. The zero-order chi connectivity index (χ0) is 32.9. The van der Waals surface area contributed by atoms with Crippen molar-refractivity contribution in [2.75, 3.05) is 6.61 Å². The summed E-state index contributed by atoms with van der Waals surface area (Å²) in [5.41, 5.74) is -1.68. The number of rotatable bonds is 7. The molecule has 0 unspecified atom stereocenters. The van der Waals surface area contributed by atoms with Crippen LogP contribution in [0.3, 0.4) is 0 Å². The highest BCUT2D eigenvalue weighted by atomic mass is 16.8. The quantitative estimate of drug-likeness (QED) is 0.118. The van der Waals surface area contributed by atoms with Crippen molar-refractivity contribution in [1.29, 1.82) is 0 Å². The molecule has 0 bridgehead atoms. The van der Waals surface area contributed by atoms with E-state index in [0.29, 0.717) is 0 Å². The largest absolute Gasteiger partial charge is 0.508 e. The third-order valence-electron chi connectivity index (χ3n) is 7.32. The van der Waals surface area contributed by atoms with Crippen molar-refractivity contribution < 1.29 is 84.3 Å². The van der Waals surface area contributed by atoms with E-state index in [1.165, 1.54) is 0 Å². The van der Waals surface area contributed by atoms with E-state index in [-0.39, 0.29) is 11.1 Å². The summed E-state index contributed by atoms with van der Waals surface area (Å²) >= 11 is 0. The Bertz CT molecular complexity index is 1640. The van der Waals surface area contributed by atoms with Gasteiger partial charge in [0.15, 0.2) is 35.8 Å². The van der Waals surface area contributed by atoms with Gasteiger partial charge >= 0.3 is 5.97 Å². The molecule has 3 aromatic rings. The first-order chi connectivity index (χ1) is 21.2. The van der Waals surface area contributed by atoms with Crippen LogP contribution in [-0.4, -0.2) is 130 Å². The normalized spacial score (nSPS) is 32.0. The molecule has 5 rings (SSSR count). The molecule has 0 amide bonds. The summed E-state index contributed by atoms with van der Waals surface area (Å²) in [6, 6.07) is 4.89. The number of aliphatic hydroxyl groups excluding tert-OH is 6. The minimum atomic E-state index is -2.21. The molecule has 2 aliphatic rings. The summed E-state index contributed by atoms with van der Waals surface area (Å²) in [4.78, 5) is 25.6. The molecule has 18 nitrogen and oxygen atoms in total. The first kappa shape index (κ1) is 32.2. The Kier molecular flexibility index (Phi) is 8.77.